The second-order valence-corrected chi connectivity index (χ2v) is 2.54. The van der Waals surface area contributed by atoms with Crippen LogP contribution in [0, 0.1) is 5.41 Å². The smallest absolute Gasteiger partial charge is 0.216 e. The highest BCUT2D eigenvalue weighted by Crippen LogP contribution is 1.93. The molecule has 1 saturated heterocycles. The van der Waals surface area contributed by atoms with Crippen LogP contribution in [0.1, 0.15) is 0 Å². The van der Waals surface area contributed by atoms with Crippen LogP contribution in [0.25, 0.3) is 0 Å². The molecule has 0 aromatic rings. The van der Waals surface area contributed by atoms with Crippen molar-refractivity contribution in [3.8, 4) is 0 Å². The summed E-state index contributed by atoms with van der Waals surface area (Å²) in [6.07, 6.45) is 1.58. The number of amidine groups is 1. The SMILES string of the molecule is N=C(Cl)/N=C/N1CCOCC1. The van der Waals surface area contributed by atoms with Gasteiger partial charge in [-0.2, -0.15) is 0 Å². The van der Waals surface area contributed by atoms with Crippen LogP contribution in [0.3, 0.4) is 0 Å². The first-order valence-corrected chi connectivity index (χ1v) is 3.77. The largest absolute Gasteiger partial charge is 0.378 e. The first-order chi connectivity index (χ1) is 5.29. The summed E-state index contributed by atoms with van der Waals surface area (Å²) in [6.45, 7) is 3.10. The fourth-order valence-corrected chi connectivity index (χ4v) is 0.869. The minimum absolute atomic E-state index is 0.184. The Morgan fingerprint density at radius 2 is 2.18 bits per heavy atom. The van der Waals surface area contributed by atoms with Crippen molar-refractivity contribution in [1.29, 1.82) is 5.41 Å². The second-order valence-electron chi connectivity index (χ2n) is 2.18. The van der Waals surface area contributed by atoms with Crippen LogP contribution in [0.5, 0.6) is 0 Å². The summed E-state index contributed by atoms with van der Waals surface area (Å²) in [5.41, 5.74) is 0. The monoisotopic (exact) mass is 175 g/mol. The lowest BCUT2D eigenvalue weighted by atomic mass is 10.5. The molecule has 1 rings (SSSR count). The molecule has 0 aliphatic carbocycles. The van der Waals surface area contributed by atoms with Crippen molar-refractivity contribution in [2.45, 2.75) is 0 Å². The minimum Gasteiger partial charge on any atom is -0.378 e. The number of nitrogens with zero attached hydrogens (tertiary/aromatic N) is 2. The molecule has 1 aliphatic heterocycles. The van der Waals surface area contributed by atoms with E-state index in [1.54, 1.807) is 6.34 Å². The van der Waals surface area contributed by atoms with E-state index in [-0.39, 0.29) is 5.29 Å². The summed E-state index contributed by atoms with van der Waals surface area (Å²) in [7, 11) is 0. The normalized spacial score (nSPS) is 19.2. The number of aliphatic imine (C=N–C) groups is 1. The van der Waals surface area contributed by atoms with Crippen LogP contribution in [0.15, 0.2) is 4.99 Å². The molecule has 0 unspecified atom stereocenters. The van der Waals surface area contributed by atoms with Gasteiger partial charge in [-0.1, -0.05) is 0 Å². The number of morpholine rings is 1. The highest BCUT2D eigenvalue weighted by molar-refractivity contribution is 6.64. The third-order valence-corrected chi connectivity index (χ3v) is 1.48. The fraction of sp³-hybridized carbons (Fsp3) is 0.667. The molecule has 4 nitrogen and oxygen atoms in total. The van der Waals surface area contributed by atoms with Crippen LogP contribution in [0.4, 0.5) is 0 Å². The molecule has 0 radical (unpaired) electrons. The van der Waals surface area contributed by atoms with Crippen molar-refractivity contribution >= 4 is 23.2 Å². The van der Waals surface area contributed by atoms with E-state index in [2.05, 4.69) is 4.99 Å². The third-order valence-electron chi connectivity index (χ3n) is 1.38. The van der Waals surface area contributed by atoms with Crippen LogP contribution in [0.2, 0.25) is 0 Å². The lowest BCUT2D eigenvalue weighted by Gasteiger charge is -2.23. The molecule has 1 heterocycles. The highest BCUT2D eigenvalue weighted by Gasteiger charge is 2.05. The number of hydrogen-bond acceptors (Lipinski definition) is 2. The maximum atomic E-state index is 6.82. The molecule has 0 atom stereocenters. The Morgan fingerprint density at radius 1 is 1.55 bits per heavy atom. The van der Waals surface area contributed by atoms with E-state index in [1.165, 1.54) is 0 Å². The molecular weight excluding hydrogens is 166 g/mol. The molecule has 0 bridgehead atoms. The molecule has 1 fully saturated rings. The standard InChI is InChI=1S/C6H10ClN3O/c7-6(8)9-5-10-1-3-11-4-2-10/h5,8H,1-4H2/b8-6?,9-5+. The molecule has 62 valence electrons. The van der Waals surface area contributed by atoms with Gasteiger partial charge in [0.15, 0.2) is 0 Å². The zero-order valence-corrected chi connectivity index (χ0v) is 6.84. The van der Waals surface area contributed by atoms with Crippen molar-refractivity contribution in [2.75, 3.05) is 26.3 Å². The van der Waals surface area contributed by atoms with Crippen molar-refractivity contribution < 1.29 is 4.74 Å². The van der Waals surface area contributed by atoms with E-state index in [9.17, 15) is 0 Å². The van der Waals surface area contributed by atoms with Gasteiger partial charge in [0.2, 0.25) is 5.29 Å². The maximum absolute atomic E-state index is 6.82. The van der Waals surface area contributed by atoms with Gasteiger partial charge in [-0.25, -0.2) is 4.99 Å². The number of nitrogens with one attached hydrogen (secondary N) is 1. The Kier molecular flexibility index (Phi) is 3.32. The number of halogens is 1. The number of ether oxygens (including phenoxy) is 1. The van der Waals surface area contributed by atoms with Gasteiger partial charge in [-0.3, -0.25) is 5.41 Å². The fourth-order valence-electron chi connectivity index (χ4n) is 0.825. The van der Waals surface area contributed by atoms with E-state index in [1.807, 2.05) is 4.90 Å². The summed E-state index contributed by atoms with van der Waals surface area (Å²) in [4.78, 5) is 5.62. The van der Waals surface area contributed by atoms with E-state index in [0.29, 0.717) is 0 Å². The van der Waals surface area contributed by atoms with E-state index >= 15 is 0 Å². The Balaban J connectivity index is 2.29. The molecule has 11 heavy (non-hydrogen) atoms. The Bertz CT molecular complexity index is 165. The van der Waals surface area contributed by atoms with Crippen molar-refractivity contribution in [3.63, 3.8) is 0 Å². The van der Waals surface area contributed by atoms with E-state index in [4.69, 9.17) is 21.7 Å². The maximum Gasteiger partial charge on any atom is 0.216 e. The molecule has 0 aromatic heterocycles. The summed E-state index contributed by atoms with van der Waals surface area (Å²) >= 11 is 5.22. The first-order valence-electron chi connectivity index (χ1n) is 3.39. The van der Waals surface area contributed by atoms with Crippen molar-refractivity contribution in [3.05, 3.63) is 0 Å². The van der Waals surface area contributed by atoms with E-state index < -0.39 is 0 Å². The highest BCUT2D eigenvalue weighted by atomic mass is 35.5. The van der Waals surface area contributed by atoms with Crippen LogP contribution in [-0.2, 0) is 4.74 Å². The average Bonchev–Trinajstić information content (AvgIpc) is 2.03. The molecule has 1 aliphatic rings. The summed E-state index contributed by atoms with van der Waals surface area (Å²) in [6, 6.07) is 0. The van der Waals surface area contributed by atoms with Gasteiger partial charge in [-0.05, 0) is 11.6 Å². The van der Waals surface area contributed by atoms with Gasteiger partial charge >= 0.3 is 0 Å². The van der Waals surface area contributed by atoms with Gasteiger partial charge in [0.1, 0.15) is 0 Å². The minimum atomic E-state index is -0.184. The Hall–Kier alpha value is -0.610. The van der Waals surface area contributed by atoms with Crippen LogP contribution < -0.4 is 0 Å². The third kappa shape index (κ3) is 3.34. The zero-order valence-electron chi connectivity index (χ0n) is 6.09. The molecule has 5 heteroatoms. The first kappa shape index (κ1) is 8.49. The molecule has 0 saturated carbocycles. The van der Waals surface area contributed by atoms with E-state index in [0.717, 1.165) is 26.3 Å². The molecular formula is C6H10ClN3O. The number of hydrogen-bond donors (Lipinski definition) is 1. The van der Waals surface area contributed by atoms with Crippen LogP contribution in [-0.4, -0.2) is 42.8 Å². The molecule has 0 spiro atoms. The molecule has 0 amide bonds. The quantitative estimate of drug-likeness (QED) is 0.359. The summed E-state index contributed by atoms with van der Waals surface area (Å²) < 4.78 is 5.12. The summed E-state index contributed by atoms with van der Waals surface area (Å²) in [5.74, 6) is 0. The van der Waals surface area contributed by atoms with Crippen molar-refractivity contribution in [1.82, 2.24) is 4.90 Å². The molecule has 1 N–H and O–H groups in total. The van der Waals surface area contributed by atoms with Gasteiger partial charge in [0.25, 0.3) is 0 Å². The lowest BCUT2D eigenvalue weighted by Crippen LogP contribution is -2.35. The zero-order chi connectivity index (χ0) is 8.10. The van der Waals surface area contributed by atoms with Gasteiger partial charge in [-0.15, -0.1) is 0 Å². The Labute approximate surface area is 70.3 Å². The van der Waals surface area contributed by atoms with Crippen molar-refractivity contribution in [2.24, 2.45) is 4.99 Å². The van der Waals surface area contributed by atoms with Gasteiger partial charge < -0.3 is 9.64 Å². The van der Waals surface area contributed by atoms with Crippen LogP contribution >= 0.6 is 11.6 Å². The van der Waals surface area contributed by atoms with Gasteiger partial charge in [0, 0.05) is 13.1 Å². The predicted octanol–water partition coefficient (Wildman–Crippen LogP) is 0.520. The molecule has 0 aromatic carbocycles. The number of rotatable bonds is 1. The lowest BCUT2D eigenvalue weighted by molar-refractivity contribution is 0.0701. The average molecular weight is 176 g/mol. The summed E-state index contributed by atoms with van der Waals surface area (Å²) in [5, 5.41) is 6.64. The topological polar surface area (TPSA) is 48.7 Å². The van der Waals surface area contributed by atoms with Gasteiger partial charge in [0.05, 0.1) is 19.6 Å². The predicted molar refractivity (Wildman–Crippen MR) is 44.5 cm³/mol. The Morgan fingerprint density at radius 3 is 2.73 bits per heavy atom. The second kappa shape index (κ2) is 4.31.